The molecule has 1 rings (SSSR count). The third kappa shape index (κ3) is 6.00. The SMILES string of the molecule is CC(N)C1CCCN1.Cl.Cl.Cl. The molecular formula is C6H17Cl3N2. The fraction of sp³-hybridized carbons (Fsp3) is 1.00. The van der Waals surface area contributed by atoms with Crippen molar-refractivity contribution < 1.29 is 0 Å². The van der Waals surface area contributed by atoms with Crippen LogP contribution in [0.2, 0.25) is 0 Å². The predicted molar refractivity (Wildman–Crippen MR) is 56.4 cm³/mol. The average molecular weight is 224 g/mol. The normalized spacial score (nSPS) is 24.0. The quantitative estimate of drug-likeness (QED) is 0.704. The maximum atomic E-state index is 5.64. The van der Waals surface area contributed by atoms with Crippen molar-refractivity contribution in [2.75, 3.05) is 6.54 Å². The Morgan fingerprint density at radius 1 is 1.36 bits per heavy atom. The molecule has 1 aliphatic heterocycles. The summed E-state index contributed by atoms with van der Waals surface area (Å²) in [4.78, 5) is 0. The van der Waals surface area contributed by atoms with Gasteiger partial charge < -0.3 is 11.1 Å². The Labute approximate surface area is 86.9 Å². The van der Waals surface area contributed by atoms with Crippen molar-refractivity contribution in [1.82, 2.24) is 5.32 Å². The molecule has 5 heteroatoms. The van der Waals surface area contributed by atoms with Crippen LogP contribution in [0.15, 0.2) is 0 Å². The molecule has 0 aliphatic carbocycles. The van der Waals surface area contributed by atoms with Gasteiger partial charge in [-0.15, -0.1) is 37.2 Å². The monoisotopic (exact) mass is 222 g/mol. The first kappa shape index (κ1) is 17.8. The summed E-state index contributed by atoms with van der Waals surface area (Å²) in [5.41, 5.74) is 5.64. The Hall–Kier alpha value is 0.790. The first-order valence-corrected chi connectivity index (χ1v) is 3.29. The van der Waals surface area contributed by atoms with Gasteiger partial charge in [0.25, 0.3) is 0 Å². The number of hydrogen-bond donors (Lipinski definition) is 2. The molecule has 0 amide bonds. The highest BCUT2D eigenvalue weighted by Gasteiger charge is 2.16. The maximum Gasteiger partial charge on any atom is 0.0216 e. The summed E-state index contributed by atoms with van der Waals surface area (Å²) in [6.45, 7) is 3.22. The Balaban J connectivity index is -0.000000213. The van der Waals surface area contributed by atoms with E-state index in [1.165, 1.54) is 12.8 Å². The first-order chi connectivity index (χ1) is 3.80. The van der Waals surface area contributed by atoms with Crippen molar-refractivity contribution >= 4 is 37.2 Å². The van der Waals surface area contributed by atoms with Gasteiger partial charge in [0.2, 0.25) is 0 Å². The third-order valence-electron chi connectivity index (χ3n) is 1.73. The summed E-state index contributed by atoms with van der Waals surface area (Å²) >= 11 is 0. The van der Waals surface area contributed by atoms with E-state index in [2.05, 4.69) is 12.2 Å². The van der Waals surface area contributed by atoms with Gasteiger partial charge in [-0.3, -0.25) is 0 Å². The van der Waals surface area contributed by atoms with E-state index >= 15 is 0 Å². The van der Waals surface area contributed by atoms with Gasteiger partial charge in [-0.2, -0.15) is 0 Å². The van der Waals surface area contributed by atoms with Crippen LogP contribution in [0.4, 0.5) is 0 Å². The molecule has 1 saturated heterocycles. The molecular weight excluding hydrogens is 206 g/mol. The number of nitrogens with two attached hydrogens (primary N) is 1. The molecule has 2 unspecified atom stereocenters. The fourth-order valence-electron chi connectivity index (χ4n) is 1.16. The Kier molecular flexibility index (Phi) is 14.3. The molecule has 0 saturated carbocycles. The molecule has 0 aromatic rings. The molecule has 0 aromatic carbocycles. The zero-order valence-electron chi connectivity index (χ0n) is 6.58. The van der Waals surface area contributed by atoms with E-state index in [4.69, 9.17) is 5.73 Å². The lowest BCUT2D eigenvalue weighted by atomic mass is 10.1. The smallest absolute Gasteiger partial charge is 0.0216 e. The van der Waals surface area contributed by atoms with Crippen LogP contribution in [-0.2, 0) is 0 Å². The van der Waals surface area contributed by atoms with Crippen LogP contribution in [-0.4, -0.2) is 18.6 Å². The van der Waals surface area contributed by atoms with Crippen molar-refractivity contribution in [1.29, 1.82) is 0 Å². The lowest BCUT2D eigenvalue weighted by Crippen LogP contribution is -2.38. The van der Waals surface area contributed by atoms with Crippen LogP contribution in [0.3, 0.4) is 0 Å². The lowest BCUT2D eigenvalue weighted by molar-refractivity contribution is 0.513. The fourth-order valence-corrected chi connectivity index (χ4v) is 1.16. The zero-order valence-corrected chi connectivity index (χ0v) is 9.03. The minimum atomic E-state index is 0. The van der Waals surface area contributed by atoms with Crippen LogP contribution in [0.25, 0.3) is 0 Å². The standard InChI is InChI=1S/C6H14N2.3ClH/c1-5(7)6-3-2-4-8-6;;;/h5-6,8H,2-4,7H2,1H3;3*1H. The number of rotatable bonds is 1. The zero-order chi connectivity index (χ0) is 5.98. The van der Waals surface area contributed by atoms with E-state index < -0.39 is 0 Å². The van der Waals surface area contributed by atoms with Crippen molar-refractivity contribution in [3.8, 4) is 0 Å². The van der Waals surface area contributed by atoms with Crippen molar-refractivity contribution in [2.45, 2.75) is 31.8 Å². The summed E-state index contributed by atoms with van der Waals surface area (Å²) in [5.74, 6) is 0. The Morgan fingerprint density at radius 2 is 1.91 bits per heavy atom. The molecule has 1 heterocycles. The van der Waals surface area contributed by atoms with Gasteiger partial charge in [0.15, 0.2) is 0 Å². The minimum absolute atomic E-state index is 0. The third-order valence-corrected chi connectivity index (χ3v) is 1.73. The van der Waals surface area contributed by atoms with Crippen molar-refractivity contribution in [2.24, 2.45) is 5.73 Å². The van der Waals surface area contributed by atoms with Gasteiger partial charge in [0.1, 0.15) is 0 Å². The lowest BCUT2D eigenvalue weighted by Gasteiger charge is -2.12. The molecule has 2 nitrogen and oxygen atoms in total. The second kappa shape index (κ2) is 8.88. The molecule has 0 spiro atoms. The van der Waals surface area contributed by atoms with Crippen LogP contribution in [0.1, 0.15) is 19.8 Å². The molecule has 1 fully saturated rings. The number of nitrogens with one attached hydrogen (secondary N) is 1. The van der Waals surface area contributed by atoms with E-state index in [-0.39, 0.29) is 37.2 Å². The molecule has 2 atom stereocenters. The Morgan fingerprint density at radius 3 is 2.09 bits per heavy atom. The highest BCUT2D eigenvalue weighted by molar-refractivity contribution is 5.86. The molecule has 72 valence electrons. The second-order valence-corrected chi connectivity index (χ2v) is 2.56. The summed E-state index contributed by atoms with van der Waals surface area (Å²) < 4.78 is 0. The largest absolute Gasteiger partial charge is 0.327 e. The average Bonchev–Trinajstić information content (AvgIpc) is 2.12. The van der Waals surface area contributed by atoms with Gasteiger partial charge in [0, 0.05) is 12.1 Å². The highest BCUT2D eigenvalue weighted by Crippen LogP contribution is 2.06. The van der Waals surface area contributed by atoms with Gasteiger partial charge in [-0.25, -0.2) is 0 Å². The summed E-state index contributed by atoms with van der Waals surface area (Å²) in [6, 6.07) is 0.924. The molecule has 11 heavy (non-hydrogen) atoms. The van der Waals surface area contributed by atoms with Crippen molar-refractivity contribution in [3.63, 3.8) is 0 Å². The van der Waals surface area contributed by atoms with Crippen LogP contribution in [0, 0.1) is 0 Å². The van der Waals surface area contributed by atoms with Crippen molar-refractivity contribution in [3.05, 3.63) is 0 Å². The van der Waals surface area contributed by atoms with E-state index in [1.807, 2.05) is 0 Å². The van der Waals surface area contributed by atoms with E-state index in [0.717, 1.165) is 6.54 Å². The minimum Gasteiger partial charge on any atom is -0.327 e. The molecule has 1 aliphatic rings. The van der Waals surface area contributed by atoms with Gasteiger partial charge in [0.05, 0.1) is 0 Å². The summed E-state index contributed by atoms with van der Waals surface area (Å²) in [6.07, 6.45) is 2.56. The van der Waals surface area contributed by atoms with E-state index in [9.17, 15) is 0 Å². The second-order valence-electron chi connectivity index (χ2n) is 2.56. The molecule has 0 bridgehead atoms. The summed E-state index contributed by atoms with van der Waals surface area (Å²) in [7, 11) is 0. The topological polar surface area (TPSA) is 38.0 Å². The highest BCUT2D eigenvalue weighted by atomic mass is 35.5. The molecule has 0 radical (unpaired) electrons. The van der Waals surface area contributed by atoms with Gasteiger partial charge in [-0.05, 0) is 26.3 Å². The molecule has 0 aromatic heterocycles. The Bertz CT molecular complexity index is 74.2. The van der Waals surface area contributed by atoms with Gasteiger partial charge in [-0.1, -0.05) is 0 Å². The number of halogens is 3. The first-order valence-electron chi connectivity index (χ1n) is 3.29. The van der Waals surface area contributed by atoms with Crippen LogP contribution < -0.4 is 11.1 Å². The van der Waals surface area contributed by atoms with Crippen LogP contribution in [0.5, 0.6) is 0 Å². The van der Waals surface area contributed by atoms with Gasteiger partial charge >= 0.3 is 0 Å². The number of hydrogen-bond acceptors (Lipinski definition) is 2. The van der Waals surface area contributed by atoms with E-state index in [1.54, 1.807) is 0 Å². The maximum absolute atomic E-state index is 5.64. The summed E-state index contributed by atoms with van der Waals surface area (Å²) in [5, 5.41) is 3.33. The molecule has 3 N–H and O–H groups in total. The van der Waals surface area contributed by atoms with Crippen LogP contribution >= 0.6 is 37.2 Å². The predicted octanol–water partition coefficient (Wildman–Crippen LogP) is 1.35. The van der Waals surface area contributed by atoms with E-state index in [0.29, 0.717) is 12.1 Å².